The van der Waals surface area contributed by atoms with Crippen molar-refractivity contribution in [3.63, 3.8) is 0 Å². The van der Waals surface area contributed by atoms with Crippen LogP contribution in [0.1, 0.15) is 16.7 Å². The normalized spacial score (nSPS) is 15.9. The summed E-state index contributed by atoms with van der Waals surface area (Å²) in [7, 11) is 0. The molecule has 4 rings (SSSR count). The van der Waals surface area contributed by atoms with Gasteiger partial charge < -0.3 is 4.42 Å². The standard InChI is InChI=1S/C21H15NO4S/c1-13-6-8-14(9-7-13)12-22-19(23)18(27-21(22)25)11-16-10-15-4-2-3-5-17(15)26-20(16)24/h2-11H,12H2,1H3/b18-11+. The van der Waals surface area contributed by atoms with Crippen LogP contribution in [0.3, 0.4) is 0 Å². The summed E-state index contributed by atoms with van der Waals surface area (Å²) in [6.45, 7) is 2.18. The number of thioether (sulfide) groups is 1. The molecule has 2 aromatic carbocycles. The van der Waals surface area contributed by atoms with Gasteiger partial charge in [-0.2, -0.15) is 0 Å². The Bertz CT molecular complexity index is 1140. The Morgan fingerprint density at radius 2 is 1.78 bits per heavy atom. The Kier molecular flexibility index (Phi) is 4.41. The first-order valence-electron chi connectivity index (χ1n) is 8.35. The second-order valence-electron chi connectivity index (χ2n) is 6.28. The van der Waals surface area contributed by atoms with Crippen molar-refractivity contribution >= 4 is 40.0 Å². The van der Waals surface area contributed by atoms with Crippen LogP contribution in [0.15, 0.2) is 68.7 Å². The molecule has 0 atom stereocenters. The number of nitrogens with zero attached hydrogens (tertiary/aromatic N) is 1. The third kappa shape index (κ3) is 3.44. The Morgan fingerprint density at radius 1 is 1.04 bits per heavy atom. The maximum absolute atomic E-state index is 12.6. The molecule has 5 nitrogen and oxygen atoms in total. The molecule has 0 bridgehead atoms. The molecule has 1 aromatic heterocycles. The number of imide groups is 1. The molecule has 1 aliphatic rings. The van der Waals surface area contributed by atoms with Crippen molar-refractivity contribution in [2.75, 3.05) is 0 Å². The van der Waals surface area contributed by atoms with E-state index in [0.29, 0.717) is 5.58 Å². The van der Waals surface area contributed by atoms with Gasteiger partial charge in [-0.05, 0) is 42.5 Å². The molecule has 134 valence electrons. The molecule has 6 heteroatoms. The quantitative estimate of drug-likeness (QED) is 0.502. The molecule has 0 unspecified atom stereocenters. The molecule has 1 fully saturated rings. The number of hydrogen-bond acceptors (Lipinski definition) is 5. The van der Waals surface area contributed by atoms with Crippen molar-refractivity contribution in [1.82, 2.24) is 4.90 Å². The number of aryl methyl sites for hydroxylation is 1. The monoisotopic (exact) mass is 377 g/mol. The summed E-state index contributed by atoms with van der Waals surface area (Å²) in [5, 5.41) is 0.402. The molecule has 1 saturated heterocycles. The van der Waals surface area contributed by atoms with E-state index in [1.807, 2.05) is 43.3 Å². The van der Waals surface area contributed by atoms with Crippen molar-refractivity contribution in [1.29, 1.82) is 0 Å². The number of carbonyl (C=O) groups is 2. The predicted octanol–water partition coefficient (Wildman–Crippen LogP) is 4.34. The van der Waals surface area contributed by atoms with Crippen LogP contribution in [0, 0.1) is 6.92 Å². The summed E-state index contributed by atoms with van der Waals surface area (Å²) >= 11 is 0.831. The van der Waals surface area contributed by atoms with E-state index in [1.165, 1.54) is 11.0 Å². The van der Waals surface area contributed by atoms with E-state index in [0.717, 1.165) is 28.3 Å². The van der Waals surface area contributed by atoms with Gasteiger partial charge >= 0.3 is 5.63 Å². The fourth-order valence-corrected chi connectivity index (χ4v) is 3.66. The first-order chi connectivity index (χ1) is 13.0. The van der Waals surface area contributed by atoms with Crippen LogP contribution in [-0.4, -0.2) is 16.0 Å². The number of para-hydroxylation sites is 1. The van der Waals surface area contributed by atoms with Crippen LogP contribution >= 0.6 is 11.8 Å². The fourth-order valence-electron chi connectivity index (χ4n) is 2.83. The minimum Gasteiger partial charge on any atom is -0.422 e. The van der Waals surface area contributed by atoms with Gasteiger partial charge in [0.05, 0.1) is 17.0 Å². The summed E-state index contributed by atoms with van der Waals surface area (Å²) < 4.78 is 5.28. The molecule has 0 saturated carbocycles. The minimum atomic E-state index is -0.543. The molecule has 2 amide bonds. The second kappa shape index (κ2) is 6.89. The Morgan fingerprint density at radius 3 is 2.56 bits per heavy atom. The average Bonchev–Trinajstić information content (AvgIpc) is 2.91. The zero-order valence-electron chi connectivity index (χ0n) is 14.5. The topological polar surface area (TPSA) is 67.6 Å². The van der Waals surface area contributed by atoms with Crippen LogP contribution in [0.2, 0.25) is 0 Å². The molecule has 0 spiro atoms. The minimum absolute atomic E-state index is 0.203. The zero-order valence-corrected chi connectivity index (χ0v) is 15.3. The summed E-state index contributed by atoms with van der Waals surface area (Å²) in [4.78, 5) is 38.5. The number of benzene rings is 2. The first-order valence-corrected chi connectivity index (χ1v) is 9.17. The molecule has 0 radical (unpaired) electrons. The highest BCUT2D eigenvalue weighted by Gasteiger charge is 2.35. The molecular formula is C21H15NO4S. The maximum atomic E-state index is 12.6. The number of carbonyl (C=O) groups excluding carboxylic acids is 2. The van der Waals surface area contributed by atoms with Gasteiger partial charge in [0, 0.05) is 5.39 Å². The lowest BCUT2D eigenvalue weighted by Gasteiger charge is -2.12. The van der Waals surface area contributed by atoms with Gasteiger partial charge in [-0.3, -0.25) is 14.5 Å². The lowest BCUT2D eigenvalue weighted by molar-refractivity contribution is -0.123. The smallest absolute Gasteiger partial charge is 0.343 e. The van der Waals surface area contributed by atoms with E-state index in [2.05, 4.69) is 0 Å². The lowest BCUT2D eigenvalue weighted by atomic mass is 10.1. The highest BCUT2D eigenvalue weighted by Crippen LogP contribution is 2.33. The van der Waals surface area contributed by atoms with Gasteiger partial charge in [-0.1, -0.05) is 48.0 Å². The summed E-state index contributed by atoms with van der Waals surface area (Å²) in [5.41, 5.74) is 2.16. The van der Waals surface area contributed by atoms with Gasteiger partial charge in [0.2, 0.25) is 0 Å². The maximum Gasteiger partial charge on any atom is 0.343 e. The predicted molar refractivity (Wildman–Crippen MR) is 105 cm³/mol. The van der Waals surface area contributed by atoms with Crippen LogP contribution < -0.4 is 5.63 Å². The van der Waals surface area contributed by atoms with E-state index < -0.39 is 11.5 Å². The average molecular weight is 377 g/mol. The summed E-state index contributed by atoms with van der Waals surface area (Å²) in [6.07, 6.45) is 1.43. The molecule has 2 heterocycles. The van der Waals surface area contributed by atoms with E-state index in [9.17, 15) is 14.4 Å². The largest absolute Gasteiger partial charge is 0.422 e. The van der Waals surface area contributed by atoms with Crippen molar-refractivity contribution in [2.45, 2.75) is 13.5 Å². The van der Waals surface area contributed by atoms with Gasteiger partial charge in [0.1, 0.15) is 5.58 Å². The van der Waals surface area contributed by atoms with Crippen LogP contribution in [0.5, 0.6) is 0 Å². The molecule has 3 aromatic rings. The van der Waals surface area contributed by atoms with Crippen molar-refractivity contribution in [2.24, 2.45) is 0 Å². The molecule has 27 heavy (non-hydrogen) atoms. The molecule has 0 aliphatic carbocycles. The Labute approximate surface area is 159 Å². The van der Waals surface area contributed by atoms with Crippen LogP contribution in [0.25, 0.3) is 17.0 Å². The van der Waals surface area contributed by atoms with Gasteiger partial charge in [-0.25, -0.2) is 4.79 Å². The van der Waals surface area contributed by atoms with Crippen molar-refractivity contribution in [3.8, 4) is 0 Å². The number of fused-ring (bicyclic) bond motifs is 1. The Balaban J connectivity index is 1.64. The van der Waals surface area contributed by atoms with Gasteiger partial charge in [0.25, 0.3) is 11.1 Å². The third-order valence-corrected chi connectivity index (χ3v) is 5.20. The SMILES string of the molecule is Cc1ccc(CN2C(=O)S/C(=C/c3cc4ccccc4oc3=O)C2=O)cc1. The van der Waals surface area contributed by atoms with Crippen molar-refractivity contribution in [3.05, 3.63) is 86.6 Å². The fraction of sp³-hybridized carbons (Fsp3) is 0.0952. The Hall–Kier alpha value is -3.12. The third-order valence-electron chi connectivity index (χ3n) is 4.29. The van der Waals surface area contributed by atoms with E-state index in [4.69, 9.17) is 4.42 Å². The van der Waals surface area contributed by atoms with E-state index in [-0.39, 0.29) is 22.3 Å². The summed E-state index contributed by atoms with van der Waals surface area (Å²) in [6, 6.07) is 16.4. The number of amides is 2. The van der Waals surface area contributed by atoms with Gasteiger partial charge in [0.15, 0.2) is 0 Å². The number of rotatable bonds is 3. The van der Waals surface area contributed by atoms with Crippen LogP contribution in [0.4, 0.5) is 4.79 Å². The molecule has 1 aliphatic heterocycles. The molecular weight excluding hydrogens is 362 g/mol. The van der Waals surface area contributed by atoms with Crippen molar-refractivity contribution < 1.29 is 14.0 Å². The lowest BCUT2D eigenvalue weighted by Crippen LogP contribution is -2.27. The second-order valence-corrected chi connectivity index (χ2v) is 7.27. The molecule has 0 N–H and O–H groups in total. The highest BCUT2D eigenvalue weighted by atomic mass is 32.2. The zero-order chi connectivity index (χ0) is 19.0. The first kappa shape index (κ1) is 17.3. The van der Waals surface area contributed by atoms with E-state index >= 15 is 0 Å². The van der Waals surface area contributed by atoms with Crippen LogP contribution in [-0.2, 0) is 11.3 Å². The number of hydrogen-bond donors (Lipinski definition) is 0. The van der Waals surface area contributed by atoms with E-state index in [1.54, 1.807) is 18.2 Å². The van der Waals surface area contributed by atoms with Gasteiger partial charge in [-0.15, -0.1) is 0 Å². The highest BCUT2D eigenvalue weighted by molar-refractivity contribution is 8.18. The summed E-state index contributed by atoms with van der Waals surface area (Å²) in [5.74, 6) is -0.405.